The first-order valence-corrected chi connectivity index (χ1v) is 9.71. The molecule has 1 aliphatic carbocycles. The smallest absolute Gasteiger partial charge is 0.311 e. The highest BCUT2D eigenvalue weighted by atomic mass is 16.6. The van der Waals surface area contributed by atoms with Crippen molar-refractivity contribution in [2.45, 2.75) is 63.9 Å². The Balaban J connectivity index is 1.44. The molecule has 0 radical (unpaired) electrons. The molecule has 3 heterocycles. The van der Waals surface area contributed by atoms with Crippen LogP contribution in [0.4, 0.5) is 0 Å². The molecule has 4 rings (SSSR count). The molecule has 2 aliphatic heterocycles. The van der Waals surface area contributed by atoms with E-state index < -0.39 is 0 Å². The number of hydrogen-bond donors (Lipinski definition) is 1. The van der Waals surface area contributed by atoms with Crippen LogP contribution >= 0.6 is 0 Å². The van der Waals surface area contributed by atoms with Gasteiger partial charge >= 0.3 is 5.97 Å². The molecule has 3 aliphatic rings. The van der Waals surface area contributed by atoms with Crippen LogP contribution in [0.3, 0.4) is 0 Å². The Morgan fingerprint density at radius 3 is 3.08 bits per heavy atom. The van der Waals surface area contributed by atoms with Crippen LogP contribution < -0.4 is 5.32 Å². The minimum Gasteiger partial charge on any atom is -0.459 e. The van der Waals surface area contributed by atoms with E-state index in [1.807, 2.05) is 18.2 Å². The Hall–Kier alpha value is -1.72. The van der Waals surface area contributed by atoms with Gasteiger partial charge in [0.05, 0.1) is 17.2 Å². The molecule has 1 aromatic rings. The number of hydrogen-bond acceptors (Lipinski definition) is 5. The van der Waals surface area contributed by atoms with E-state index in [0.717, 1.165) is 31.4 Å². The average molecular weight is 356 g/mol. The fraction of sp³-hybridized carbons (Fsp3) is 0.619. The number of pyridine rings is 1. The number of nitrogens with one attached hydrogen (secondary N) is 1. The maximum atomic E-state index is 12.6. The predicted molar refractivity (Wildman–Crippen MR) is 98.3 cm³/mol. The number of fused-ring (bicyclic) bond motifs is 3. The number of allylic oxidation sites excluding steroid dienone is 2. The molecule has 0 unspecified atom stereocenters. The topological polar surface area (TPSA) is 63.8 Å². The Morgan fingerprint density at radius 2 is 2.27 bits per heavy atom. The van der Waals surface area contributed by atoms with Crippen LogP contribution in [0.5, 0.6) is 0 Å². The quantitative estimate of drug-likeness (QED) is 0.510. The van der Waals surface area contributed by atoms with Gasteiger partial charge in [0.25, 0.3) is 0 Å². The van der Waals surface area contributed by atoms with Crippen molar-refractivity contribution in [3.05, 3.63) is 41.7 Å². The van der Waals surface area contributed by atoms with Gasteiger partial charge in [0.15, 0.2) is 0 Å². The van der Waals surface area contributed by atoms with E-state index in [4.69, 9.17) is 9.47 Å². The molecule has 1 aromatic heterocycles. The van der Waals surface area contributed by atoms with Gasteiger partial charge in [0, 0.05) is 25.2 Å². The number of ether oxygens (including phenoxy) is 2. The molecule has 26 heavy (non-hydrogen) atoms. The van der Waals surface area contributed by atoms with Crippen molar-refractivity contribution < 1.29 is 14.3 Å². The van der Waals surface area contributed by atoms with E-state index in [2.05, 4.69) is 30.2 Å². The van der Waals surface area contributed by atoms with Gasteiger partial charge < -0.3 is 14.8 Å². The molecule has 0 amide bonds. The van der Waals surface area contributed by atoms with Crippen LogP contribution in [0, 0.1) is 11.8 Å². The average Bonchev–Trinajstić information content (AvgIpc) is 3.20. The molecule has 5 heteroatoms. The number of carbonyl (C=O) groups excluding carboxylic acids is 1. The van der Waals surface area contributed by atoms with Crippen molar-refractivity contribution in [2.75, 3.05) is 6.54 Å². The zero-order valence-electron chi connectivity index (χ0n) is 15.6. The van der Waals surface area contributed by atoms with Crippen molar-refractivity contribution in [2.24, 2.45) is 11.8 Å². The number of aromatic nitrogens is 1. The fourth-order valence-corrected chi connectivity index (χ4v) is 4.43. The van der Waals surface area contributed by atoms with Crippen LogP contribution in [0.15, 0.2) is 36.0 Å². The Labute approximate surface area is 155 Å². The van der Waals surface area contributed by atoms with E-state index in [1.165, 1.54) is 5.57 Å². The first-order valence-electron chi connectivity index (χ1n) is 9.71. The lowest BCUT2D eigenvalue weighted by Gasteiger charge is -2.22. The maximum absolute atomic E-state index is 12.6. The predicted octanol–water partition coefficient (Wildman–Crippen LogP) is 3.01. The third-order valence-corrected chi connectivity index (χ3v) is 6.14. The van der Waals surface area contributed by atoms with Crippen LogP contribution in [-0.2, 0) is 20.8 Å². The second-order valence-corrected chi connectivity index (χ2v) is 8.10. The SMILES string of the molecule is CC1=CCC[C@@]2(C)O[C@H]2[C@H]2OC(=O)[C@@H](CNCc3ccccn3)[C@@H]2CC1. The minimum atomic E-state index is -0.131. The van der Waals surface area contributed by atoms with Crippen LogP contribution in [-0.4, -0.2) is 35.3 Å². The minimum absolute atomic E-state index is 0.0593. The summed E-state index contributed by atoms with van der Waals surface area (Å²) in [5, 5.41) is 3.40. The van der Waals surface area contributed by atoms with Crippen molar-refractivity contribution in [1.29, 1.82) is 0 Å². The van der Waals surface area contributed by atoms with Crippen molar-refractivity contribution >= 4 is 5.97 Å². The van der Waals surface area contributed by atoms with Gasteiger partial charge in [-0.2, -0.15) is 0 Å². The van der Waals surface area contributed by atoms with Gasteiger partial charge in [0.2, 0.25) is 0 Å². The zero-order chi connectivity index (χ0) is 18.1. The van der Waals surface area contributed by atoms with E-state index in [0.29, 0.717) is 13.1 Å². The normalized spacial score (nSPS) is 36.5. The largest absolute Gasteiger partial charge is 0.459 e. The molecule has 2 fully saturated rings. The van der Waals surface area contributed by atoms with Crippen molar-refractivity contribution in [1.82, 2.24) is 10.3 Å². The molecule has 140 valence electrons. The Kier molecular flexibility index (Phi) is 4.84. The number of esters is 1. The van der Waals surface area contributed by atoms with E-state index >= 15 is 0 Å². The number of carbonyl (C=O) groups is 1. The highest BCUT2D eigenvalue weighted by molar-refractivity contribution is 5.75. The summed E-state index contributed by atoms with van der Waals surface area (Å²) in [5.41, 5.74) is 2.26. The van der Waals surface area contributed by atoms with Gasteiger partial charge in [-0.3, -0.25) is 9.78 Å². The number of rotatable bonds is 4. The summed E-state index contributed by atoms with van der Waals surface area (Å²) in [6.45, 7) is 5.64. The molecular formula is C21H28N2O3. The maximum Gasteiger partial charge on any atom is 0.311 e. The second-order valence-electron chi connectivity index (χ2n) is 8.10. The van der Waals surface area contributed by atoms with Gasteiger partial charge in [-0.1, -0.05) is 17.7 Å². The summed E-state index contributed by atoms with van der Waals surface area (Å²) in [6.07, 6.45) is 8.12. The van der Waals surface area contributed by atoms with Gasteiger partial charge in [0.1, 0.15) is 12.2 Å². The summed E-state index contributed by atoms with van der Waals surface area (Å²) in [7, 11) is 0. The first kappa shape index (κ1) is 17.7. The lowest BCUT2D eigenvalue weighted by atomic mass is 9.80. The third-order valence-electron chi connectivity index (χ3n) is 6.14. The molecule has 1 N–H and O–H groups in total. The summed E-state index contributed by atoms with van der Waals surface area (Å²) in [4.78, 5) is 16.9. The Morgan fingerprint density at radius 1 is 1.38 bits per heavy atom. The fourth-order valence-electron chi connectivity index (χ4n) is 4.43. The molecule has 0 saturated carbocycles. The van der Waals surface area contributed by atoms with Gasteiger partial charge in [-0.15, -0.1) is 0 Å². The van der Waals surface area contributed by atoms with Gasteiger partial charge in [-0.25, -0.2) is 0 Å². The number of nitrogens with zero attached hydrogens (tertiary/aromatic N) is 1. The molecular weight excluding hydrogens is 328 g/mol. The van der Waals surface area contributed by atoms with E-state index in [9.17, 15) is 4.79 Å². The van der Waals surface area contributed by atoms with Crippen molar-refractivity contribution in [3.63, 3.8) is 0 Å². The molecule has 5 atom stereocenters. The highest BCUT2D eigenvalue weighted by Crippen LogP contribution is 2.50. The van der Waals surface area contributed by atoms with Crippen LogP contribution in [0.2, 0.25) is 0 Å². The van der Waals surface area contributed by atoms with Crippen molar-refractivity contribution in [3.8, 4) is 0 Å². The lowest BCUT2D eigenvalue weighted by molar-refractivity contribution is -0.144. The first-order chi connectivity index (χ1) is 12.6. The van der Waals surface area contributed by atoms with Crippen LogP contribution in [0.1, 0.15) is 45.2 Å². The molecule has 0 aromatic carbocycles. The molecule has 0 spiro atoms. The number of epoxide rings is 1. The molecule has 2 saturated heterocycles. The monoisotopic (exact) mass is 356 g/mol. The molecule has 5 nitrogen and oxygen atoms in total. The summed E-state index contributed by atoms with van der Waals surface area (Å²) >= 11 is 0. The third kappa shape index (κ3) is 3.55. The van der Waals surface area contributed by atoms with Crippen LogP contribution in [0.25, 0.3) is 0 Å². The van der Waals surface area contributed by atoms with E-state index in [-0.39, 0.29) is 35.6 Å². The Bertz CT molecular complexity index is 690. The second kappa shape index (κ2) is 7.12. The zero-order valence-corrected chi connectivity index (χ0v) is 15.6. The molecule has 0 bridgehead atoms. The summed E-state index contributed by atoms with van der Waals surface area (Å²) < 4.78 is 11.8. The summed E-state index contributed by atoms with van der Waals surface area (Å²) in [5.74, 6) is 0.0312. The van der Waals surface area contributed by atoms with Gasteiger partial charge in [-0.05, 0) is 51.7 Å². The standard InChI is InChI=1S/C21H28N2O3/c1-14-6-5-10-21(2)19(26-21)18-16(9-8-14)17(20(24)25-18)13-22-12-15-7-3-4-11-23-15/h3-4,6-7,11,16-19,22H,5,8-10,12-13H2,1-2H3/t16-,17-,18-,19-,21+/m0/s1. The highest BCUT2D eigenvalue weighted by Gasteiger charge is 2.62. The van der Waals surface area contributed by atoms with E-state index in [1.54, 1.807) is 6.20 Å². The summed E-state index contributed by atoms with van der Waals surface area (Å²) in [6, 6.07) is 5.88. The lowest BCUT2D eigenvalue weighted by Crippen LogP contribution is -2.34.